The molecular weight excluding hydrogens is 314 g/mol. The van der Waals surface area contributed by atoms with Gasteiger partial charge in [-0.2, -0.15) is 0 Å². The lowest BCUT2D eigenvalue weighted by atomic mass is 9.98. The van der Waals surface area contributed by atoms with Crippen molar-refractivity contribution in [1.82, 2.24) is 15.0 Å². The Kier molecular flexibility index (Phi) is 3.69. The molecule has 1 aromatic carbocycles. The van der Waals surface area contributed by atoms with Crippen molar-refractivity contribution >= 4 is 11.0 Å². The topological polar surface area (TPSA) is 61.0 Å². The molecule has 0 spiro atoms. The minimum absolute atomic E-state index is 0.463. The van der Waals surface area contributed by atoms with E-state index in [2.05, 4.69) is 21.9 Å². The van der Waals surface area contributed by atoms with E-state index in [1.807, 2.05) is 44.2 Å². The van der Waals surface area contributed by atoms with Gasteiger partial charge in [0.2, 0.25) is 0 Å². The first-order chi connectivity index (χ1) is 12.1. The molecule has 0 aliphatic carbocycles. The van der Waals surface area contributed by atoms with E-state index in [0.29, 0.717) is 17.2 Å². The van der Waals surface area contributed by atoms with Crippen LogP contribution in [-0.4, -0.2) is 15.0 Å². The fourth-order valence-corrected chi connectivity index (χ4v) is 3.02. The molecule has 0 amide bonds. The van der Waals surface area contributed by atoms with Crippen molar-refractivity contribution in [2.75, 3.05) is 0 Å². The summed E-state index contributed by atoms with van der Waals surface area (Å²) in [5.74, 6) is 1.18. The maximum absolute atomic E-state index is 5.95. The Labute approximate surface area is 145 Å². The molecule has 0 aliphatic heterocycles. The molecule has 0 saturated heterocycles. The number of hydrogen-bond donors (Lipinski definition) is 0. The minimum atomic E-state index is 0.463. The van der Waals surface area contributed by atoms with Crippen LogP contribution in [0, 0.1) is 20.8 Å². The van der Waals surface area contributed by atoms with E-state index in [9.17, 15) is 0 Å². The van der Waals surface area contributed by atoms with E-state index >= 15 is 0 Å². The van der Waals surface area contributed by atoms with Crippen molar-refractivity contribution in [2.24, 2.45) is 0 Å². The highest BCUT2D eigenvalue weighted by Gasteiger charge is 2.13. The highest BCUT2D eigenvalue weighted by Crippen LogP contribution is 2.33. The van der Waals surface area contributed by atoms with Gasteiger partial charge in [0.05, 0.1) is 6.26 Å². The third-order valence-electron chi connectivity index (χ3n) is 4.24. The van der Waals surface area contributed by atoms with E-state index < -0.39 is 0 Å². The lowest BCUT2D eigenvalue weighted by Gasteiger charge is -2.13. The predicted molar refractivity (Wildman–Crippen MR) is 95.8 cm³/mol. The van der Waals surface area contributed by atoms with Crippen LogP contribution in [0.15, 0.2) is 53.5 Å². The van der Waals surface area contributed by atoms with Crippen molar-refractivity contribution in [2.45, 2.75) is 20.8 Å². The molecule has 0 radical (unpaired) electrons. The van der Waals surface area contributed by atoms with Crippen molar-refractivity contribution in [3.63, 3.8) is 0 Å². The second-order valence-corrected chi connectivity index (χ2v) is 5.95. The fourth-order valence-electron chi connectivity index (χ4n) is 3.02. The summed E-state index contributed by atoms with van der Waals surface area (Å²) in [5.41, 5.74) is 5.83. The number of hydrogen-bond acceptors (Lipinski definition) is 5. The normalized spacial score (nSPS) is 11.0. The summed E-state index contributed by atoms with van der Waals surface area (Å²) < 4.78 is 11.4. The summed E-state index contributed by atoms with van der Waals surface area (Å²) in [6.45, 7) is 6.04. The molecule has 5 nitrogen and oxygen atoms in total. The van der Waals surface area contributed by atoms with Crippen molar-refractivity contribution in [3.05, 3.63) is 66.1 Å². The highest BCUT2D eigenvalue weighted by molar-refractivity contribution is 5.81. The average Bonchev–Trinajstić information content (AvgIpc) is 3.06. The van der Waals surface area contributed by atoms with E-state index in [4.69, 9.17) is 9.15 Å². The smallest absolute Gasteiger partial charge is 0.263 e. The minimum Gasteiger partial charge on any atom is -0.459 e. The largest absolute Gasteiger partial charge is 0.459 e. The van der Waals surface area contributed by atoms with E-state index in [0.717, 1.165) is 33.5 Å². The van der Waals surface area contributed by atoms with Crippen molar-refractivity contribution in [1.29, 1.82) is 0 Å². The first-order valence-electron chi connectivity index (χ1n) is 8.03. The second kappa shape index (κ2) is 6.02. The van der Waals surface area contributed by atoms with Crippen LogP contribution in [0.3, 0.4) is 0 Å². The number of benzene rings is 1. The van der Waals surface area contributed by atoms with Gasteiger partial charge >= 0.3 is 0 Å². The van der Waals surface area contributed by atoms with Crippen molar-refractivity contribution in [3.8, 4) is 22.8 Å². The van der Waals surface area contributed by atoms with Gasteiger partial charge in [-0.05, 0) is 56.2 Å². The van der Waals surface area contributed by atoms with Gasteiger partial charge in [-0.25, -0.2) is 15.0 Å². The number of aromatic nitrogens is 3. The maximum atomic E-state index is 5.95. The zero-order valence-corrected chi connectivity index (χ0v) is 14.3. The molecule has 0 fully saturated rings. The number of furan rings is 1. The van der Waals surface area contributed by atoms with Gasteiger partial charge in [0.1, 0.15) is 12.1 Å². The lowest BCUT2D eigenvalue weighted by Crippen LogP contribution is -1.97. The Morgan fingerprint density at radius 3 is 2.48 bits per heavy atom. The number of aryl methyl sites for hydroxylation is 3. The molecule has 124 valence electrons. The Balaban J connectivity index is 1.72. The first kappa shape index (κ1) is 15.3. The summed E-state index contributed by atoms with van der Waals surface area (Å²) >= 11 is 0. The molecular formula is C20H17N3O2. The molecule has 0 unspecified atom stereocenters. The first-order valence-corrected chi connectivity index (χ1v) is 8.03. The van der Waals surface area contributed by atoms with Crippen LogP contribution in [-0.2, 0) is 0 Å². The molecule has 5 heteroatoms. The van der Waals surface area contributed by atoms with E-state index in [-0.39, 0.29) is 0 Å². The van der Waals surface area contributed by atoms with Gasteiger partial charge < -0.3 is 9.15 Å². The second-order valence-electron chi connectivity index (χ2n) is 5.95. The average molecular weight is 331 g/mol. The standard InChI is InChI=1S/C20H17N3O2/c1-12-10-16(25-20-19-15(6-8-21-20)7-9-24-19)4-5-17(12)18-13(2)22-11-23-14(18)3/h4-11H,1-3H3. The number of fused-ring (bicyclic) bond motifs is 1. The molecule has 0 atom stereocenters. The number of pyridine rings is 1. The molecule has 0 aliphatic rings. The van der Waals surface area contributed by atoms with Crippen LogP contribution < -0.4 is 4.74 Å². The third kappa shape index (κ3) is 2.74. The van der Waals surface area contributed by atoms with Crippen LogP contribution in [0.4, 0.5) is 0 Å². The van der Waals surface area contributed by atoms with Crippen LogP contribution in [0.25, 0.3) is 22.1 Å². The highest BCUT2D eigenvalue weighted by atomic mass is 16.5. The number of rotatable bonds is 3. The maximum Gasteiger partial charge on any atom is 0.263 e. The summed E-state index contributed by atoms with van der Waals surface area (Å²) in [6, 6.07) is 9.73. The third-order valence-corrected chi connectivity index (χ3v) is 4.24. The Hall–Kier alpha value is -3.21. The molecule has 0 saturated carbocycles. The Morgan fingerprint density at radius 2 is 1.72 bits per heavy atom. The van der Waals surface area contributed by atoms with Crippen LogP contribution in [0.1, 0.15) is 17.0 Å². The zero-order chi connectivity index (χ0) is 17.4. The Bertz CT molecular complexity index is 1050. The van der Waals surface area contributed by atoms with Crippen LogP contribution in [0.5, 0.6) is 11.6 Å². The van der Waals surface area contributed by atoms with Gasteiger partial charge in [0.25, 0.3) is 5.88 Å². The Morgan fingerprint density at radius 1 is 0.920 bits per heavy atom. The van der Waals surface area contributed by atoms with Gasteiger partial charge in [-0.15, -0.1) is 0 Å². The van der Waals surface area contributed by atoms with E-state index in [1.54, 1.807) is 18.8 Å². The fraction of sp³-hybridized carbons (Fsp3) is 0.150. The van der Waals surface area contributed by atoms with Crippen LogP contribution >= 0.6 is 0 Å². The number of nitrogens with zero attached hydrogens (tertiary/aromatic N) is 3. The molecule has 4 rings (SSSR count). The van der Waals surface area contributed by atoms with Gasteiger partial charge in [-0.1, -0.05) is 6.07 Å². The van der Waals surface area contributed by atoms with Gasteiger partial charge in [0.15, 0.2) is 5.58 Å². The summed E-state index contributed by atoms with van der Waals surface area (Å²) in [7, 11) is 0. The SMILES string of the molecule is Cc1cc(Oc2nccc3ccoc23)ccc1-c1c(C)ncnc1C. The molecule has 0 N–H and O–H groups in total. The summed E-state index contributed by atoms with van der Waals surface area (Å²) in [4.78, 5) is 12.9. The molecule has 3 heterocycles. The van der Waals surface area contributed by atoms with Gasteiger partial charge in [-0.3, -0.25) is 0 Å². The summed E-state index contributed by atoms with van der Waals surface area (Å²) in [5, 5.41) is 0.964. The molecule has 0 bridgehead atoms. The molecule has 4 aromatic rings. The van der Waals surface area contributed by atoms with Gasteiger partial charge in [0, 0.05) is 28.5 Å². The monoisotopic (exact) mass is 331 g/mol. The van der Waals surface area contributed by atoms with E-state index in [1.165, 1.54) is 0 Å². The summed E-state index contributed by atoms with van der Waals surface area (Å²) in [6.07, 6.45) is 4.94. The van der Waals surface area contributed by atoms with Crippen molar-refractivity contribution < 1.29 is 9.15 Å². The molecule has 3 aromatic heterocycles. The molecule has 25 heavy (non-hydrogen) atoms. The zero-order valence-electron chi connectivity index (χ0n) is 14.3. The lowest BCUT2D eigenvalue weighted by molar-refractivity contribution is 0.454. The van der Waals surface area contributed by atoms with Crippen LogP contribution in [0.2, 0.25) is 0 Å². The number of ether oxygens (including phenoxy) is 1. The predicted octanol–water partition coefficient (Wildman–Crippen LogP) is 5.00. The quantitative estimate of drug-likeness (QED) is 0.528.